The third-order valence-electron chi connectivity index (χ3n) is 6.87. The van der Waals surface area contributed by atoms with Crippen LogP contribution in [0.3, 0.4) is 0 Å². The van der Waals surface area contributed by atoms with E-state index in [9.17, 15) is 4.79 Å². The van der Waals surface area contributed by atoms with Gasteiger partial charge in [-0.1, -0.05) is 69.3 Å². The van der Waals surface area contributed by atoms with Crippen LogP contribution in [0.2, 0.25) is 0 Å². The molecule has 1 aliphatic heterocycles. The summed E-state index contributed by atoms with van der Waals surface area (Å²) in [4.78, 5) is 24.5. The topological polar surface area (TPSA) is 63.4 Å². The van der Waals surface area contributed by atoms with Crippen molar-refractivity contribution in [3.05, 3.63) is 82.2 Å². The second kappa shape index (κ2) is 8.35. The van der Waals surface area contributed by atoms with Gasteiger partial charge in [-0.3, -0.25) is 4.79 Å². The minimum Gasteiger partial charge on any atom is -0.338 e. The van der Waals surface area contributed by atoms with Gasteiger partial charge >= 0.3 is 0 Å². The number of hydrogen-bond donors (Lipinski definition) is 0. The van der Waals surface area contributed by atoms with Crippen LogP contribution in [0.5, 0.6) is 0 Å². The molecule has 34 heavy (non-hydrogen) atoms. The number of carbonyl (C=O) groups excluding carboxylic acids is 1. The van der Waals surface area contributed by atoms with Crippen molar-refractivity contribution in [1.82, 2.24) is 24.5 Å². The molecule has 0 N–H and O–H groups in total. The molecule has 1 aliphatic rings. The van der Waals surface area contributed by atoms with Crippen LogP contribution in [0.4, 0.5) is 0 Å². The Bertz CT molecular complexity index is 1380. The van der Waals surface area contributed by atoms with Crippen LogP contribution in [0.15, 0.2) is 48.5 Å². The first-order valence-electron chi connectivity index (χ1n) is 11.9. The maximum Gasteiger partial charge on any atom is 0.253 e. The number of amides is 1. The minimum absolute atomic E-state index is 0.0952. The van der Waals surface area contributed by atoms with E-state index in [0.717, 1.165) is 35.5 Å². The van der Waals surface area contributed by atoms with Gasteiger partial charge in [0.05, 0.1) is 6.42 Å². The standard InChI is InChI=1S/C28H31N5O/c1-18-24(16-25(34)32-15-14-20-8-6-7-9-22(20)17-32)19(2)33-27(29-18)30-26(31-33)21-10-12-23(13-11-21)28(3,4)5/h6-13H,14-17H2,1-5H3. The molecule has 2 aromatic carbocycles. The van der Waals surface area contributed by atoms with Crippen molar-refractivity contribution in [3.8, 4) is 11.4 Å². The van der Waals surface area contributed by atoms with Gasteiger partial charge in [-0.2, -0.15) is 4.98 Å². The van der Waals surface area contributed by atoms with Crippen molar-refractivity contribution < 1.29 is 4.79 Å². The third kappa shape index (κ3) is 4.09. The zero-order valence-corrected chi connectivity index (χ0v) is 20.6. The molecule has 1 amide bonds. The molecule has 0 radical (unpaired) electrons. The normalized spacial score (nSPS) is 13.9. The Hall–Kier alpha value is -3.54. The second-order valence-electron chi connectivity index (χ2n) is 10.2. The Kier molecular flexibility index (Phi) is 5.47. The van der Waals surface area contributed by atoms with Gasteiger partial charge in [0.1, 0.15) is 0 Å². The van der Waals surface area contributed by atoms with Crippen molar-refractivity contribution in [2.75, 3.05) is 6.54 Å². The molecule has 0 fully saturated rings. The summed E-state index contributed by atoms with van der Waals surface area (Å²) in [6.45, 7) is 12.0. The summed E-state index contributed by atoms with van der Waals surface area (Å²) in [5.74, 6) is 1.33. The first-order chi connectivity index (χ1) is 16.2. The zero-order chi connectivity index (χ0) is 24.0. The lowest BCUT2D eigenvalue weighted by Crippen LogP contribution is -2.37. The molecule has 0 aliphatic carbocycles. The Morgan fingerprint density at radius 1 is 0.971 bits per heavy atom. The highest BCUT2D eigenvalue weighted by molar-refractivity contribution is 5.79. The van der Waals surface area contributed by atoms with Crippen molar-refractivity contribution >= 4 is 11.7 Å². The van der Waals surface area contributed by atoms with E-state index in [0.29, 0.717) is 24.6 Å². The van der Waals surface area contributed by atoms with Gasteiger partial charge < -0.3 is 4.90 Å². The Morgan fingerprint density at radius 2 is 1.68 bits per heavy atom. The van der Waals surface area contributed by atoms with E-state index in [1.54, 1.807) is 4.52 Å². The molecular formula is C28H31N5O. The minimum atomic E-state index is 0.0952. The highest BCUT2D eigenvalue weighted by atomic mass is 16.2. The molecule has 0 unspecified atom stereocenters. The predicted octanol–water partition coefficient (Wildman–Crippen LogP) is 4.83. The number of rotatable bonds is 3. The van der Waals surface area contributed by atoms with Gasteiger partial charge in [-0.15, -0.1) is 5.10 Å². The first-order valence-corrected chi connectivity index (χ1v) is 11.9. The third-order valence-corrected chi connectivity index (χ3v) is 6.87. The monoisotopic (exact) mass is 453 g/mol. The molecule has 6 nitrogen and oxygen atoms in total. The average molecular weight is 454 g/mol. The molecule has 4 aromatic rings. The number of aromatic nitrogens is 4. The van der Waals surface area contributed by atoms with E-state index >= 15 is 0 Å². The number of nitrogens with zero attached hydrogens (tertiary/aromatic N) is 5. The summed E-state index contributed by atoms with van der Waals surface area (Å²) in [5.41, 5.74) is 7.58. The largest absolute Gasteiger partial charge is 0.338 e. The molecule has 0 saturated heterocycles. The predicted molar refractivity (Wildman–Crippen MR) is 134 cm³/mol. The Balaban J connectivity index is 1.41. The SMILES string of the molecule is Cc1nc2nc(-c3ccc(C(C)(C)C)cc3)nn2c(C)c1CC(=O)N1CCc2ccccc2C1. The summed E-state index contributed by atoms with van der Waals surface area (Å²) in [5, 5.41) is 4.74. The molecule has 0 bridgehead atoms. The van der Waals surface area contributed by atoms with E-state index < -0.39 is 0 Å². The molecular weight excluding hydrogens is 422 g/mol. The summed E-state index contributed by atoms with van der Waals surface area (Å²) in [6, 6.07) is 16.8. The lowest BCUT2D eigenvalue weighted by Gasteiger charge is -2.29. The van der Waals surface area contributed by atoms with Gasteiger partial charge in [-0.25, -0.2) is 9.50 Å². The van der Waals surface area contributed by atoms with Crippen LogP contribution in [0, 0.1) is 13.8 Å². The quantitative estimate of drug-likeness (QED) is 0.446. The van der Waals surface area contributed by atoms with Crippen molar-refractivity contribution in [2.45, 2.75) is 59.4 Å². The molecule has 0 atom stereocenters. The smallest absolute Gasteiger partial charge is 0.253 e. The highest BCUT2D eigenvalue weighted by Gasteiger charge is 2.23. The Morgan fingerprint density at radius 3 is 2.38 bits per heavy atom. The van der Waals surface area contributed by atoms with E-state index in [-0.39, 0.29) is 11.3 Å². The van der Waals surface area contributed by atoms with Gasteiger partial charge in [0, 0.05) is 35.6 Å². The number of hydrogen-bond acceptors (Lipinski definition) is 4. The van der Waals surface area contributed by atoms with E-state index in [2.05, 4.69) is 68.2 Å². The first kappa shape index (κ1) is 22.3. The maximum absolute atomic E-state index is 13.2. The van der Waals surface area contributed by atoms with Crippen LogP contribution in [-0.4, -0.2) is 36.9 Å². The number of benzene rings is 2. The molecule has 2 aromatic heterocycles. The average Bonchev–Trinajstić information content (AvgIpc) is 3.25. The molecule has 0 saturated carbocycles. The van der Waals surface area contributed by atoms with E-state index in [1.165, 1.54) is 16.7 Å². The Labute approximate surface area is 200 Å². The van der Waals surface area contributed by atoms with Crippen LogP contribution in [0.25, 0.3) is 17.2 Å². The van der Waals surface area contributed by atoms with E-state index in [1.807, 2.05) is 24.8 Å². The van der Waals surface area contributed by atoms with Crippen LogP contribution < -0.4 is 0 Å². The van der Waals surface area contributed by atoms with E-state index in [4.69, 9.17) is 10.1 Å². The van der Waals surface area contributed by atoms with Crippen LogP contribution in [-0.2, 0) is 29.6 Å². The molecule has 6 heteroatoms. The summed E-state index contributed by atoms with van der Waals surface area (Å²) < 4.78 is 1.77. The lowest BCUT2D eigenvalue weighted by atomic mass is 9.87. The number of fused-ring (bicyclic) bond motifs is 2. The second-order valence-corrected chi connectivity index (χ2v) is 10.2. The molecule has 5 rings (SSSR count). The zero-order valence-electron chi connectivity index (χ0n) is 20.6. The van der Waals surface area contributed by atoms with Gasteiger partial charge in [0.2, 0.25) is 5.91 Å². The number of carbonyl (C=O) groups is 1. The van der Waals surface area contributed by atoms with Gasteiger partial charge in [0.25, 0.3) is 5.78 Å². The van der Waals surface area contributed by atoms with Crippen molar-refractivity contribution in [3.63, 3.8) is 0 Å². The van der Waals surface area contributed by atoms with Crippen LogP contribution >= 0.6 is 0 Å². The fourth-order valence-corrected chi connectivity index (χ4v) is 4.68. The van der Waals surface area contributed by atoms with Crippen molar-refractivity contribution in [1.29, 1.82) is 0 Å². The summed E-state index contributed by atoms with van der Waals surface area (Å²) in [6.07, 6.45) is 1.22. The van der Waals surface area contributed by atoms with Gasteiger partial charge in [-0.05, 0) is 42.4 Å². The highest BCUT2D eigenvalue weighted by Crippen LogP contribution is 2.26. The van der Waals surface area contributed by atoms with Crippen molar-refractivity contribution in [2.24, 2.45) is 0 Å². The summed E-state index contributed by atoms with van der Waals surface area (Å²) in [7, 11) is 0. The fraction of sp³-hybridized carbons (Fsp3) is 0.357. The maximum atomic E-state index is 13.2. The lowest BCUT2D eigenvalue weighted by molar-refractivity contribution is -0.131. The van der Waals surface area contributed by atoms with Crippen LogP contribution in [0.1, 0.15) is 54.4 Å². The fourth-order valence-electron chi connectivity index (χ4n) is 4.68. The summed E-state index contributed by atoms with van der Waals surface area (Å²) >= 11 is 0. The molecule has 174 valence electrons. The van der Waals surface area contributed by atoms with Gasteiger partial charge in [0.15, 0.2) is 5.82 Å². The number of aryl methyl sites for hydroxylation is 2. The molecule has 3 heterocycles. The molecule has 0 spiro atoms.